The summed E-state index contributed by atoms with van der Waals surface area (Å²) in [6.07, 6.45) is 2.47. The Morgan fingerprint density at radius 3 is 2.50 bits per heavy atom. The minimum absolute atomic E-state index is 0.0169. The molecular formula is C14H19BrN2O. The fourth-order valence-corrected chi connectivity index (χ4v) is 2.35. The molecule has 0 bridgehead atoms. The van der Waals surface area contributed by atoms with Crippen molar-refractivity contribution in [2.24, 2.45) is 11.7 Å². The molecule has 1 aliphatic rings. The lowest BCUT2D eigenvalue weighted by molar-refractivity contribution is -0.135. The van der Waals surface area contributed by atoms with Gasteiger partial charge < -0.3 is 10.6 Å². The molecule has 4 heteroatoms. The Hall–Kier alpha value is -0.870. The van der Waals surface area contributed by atoms with Crippen molar-refractivity contribution in [3.05, 3.63) is 34.3 Å². The van der Waals surface area contributed by atoms with Gasteiger partial charge in [-0.05, 0) is 43.4 Å². The lowest BCUT2D eigenvalue weighted by atomic mass is 9.91. The second kappa shape index (κ2) is 5.02. The Morgan fingerprint density at radius 2 is 2.00 bits per heavy atom. The Bertz CT molecular complexity index is 438. The second-order valence-corrected chi connectivity index (χ2v) is 6.25. The second-order valence-electron chi connectivity index (χ2n) is 5.34. The number of halogens is 1. The fraction of sp³-hybridized carbons (Fsp3) is 0.500. The van der Waals surface area contributed by atoms with Gasteiger partial charge in [-0.15, -0.1) is 0 Å². The number of hydrogen-bond donors (Lipinski definition) is 1. The van der Waals surface area contributed by atoms with E-state index in [1.807, 2.05) is 31.3 Å². The van der Waals surface area contributed by atoms with Crippen molar-refractivity contribution < 1.29 is 4.79 Å². The van der Waals surface area contributed by atoms with Gasteiger partial charge >= 0.3 is 0 Å². The number of amides is 1. The maximum Gasteiger partial charge on any atom is 0.246 e. The van der Waals surface area contributed by atoms with Gasteiger partial charge in [-0.3, -0.25) is 4.79 Å². The van der Waals surface area contributed by atoms with E-state index in [1.54, 1.807) is 11.8 Å². The third kappa shape index (κ3) is 2.93. The molecule has 2 N–H and O–H groups in total. The van der Waals surface area contributed by atoms with Crippen molar-refractivity contribution in [3.63, 3.8) is 0 Å². The number of nitrogens with two attached hydrogens (primary N) is 1. The predicted octanol–water partition coefficient (Wildman–Crippen LogP) is 2.49. The molecule has 0 radical (unpaired) electrons. The topological polar surface area (TPSA) is 46.3 Å². The van der Waals surface area contributed by atoms with Crippen LogP contribution in [-0.4, -0.2) is 24.4 Å². The van der Waals surface area contributed by atoms with Crippen LogP contribution in [0.3, 0.4) is 0 Å². The van der Waals surface area contributed by atoms with Gasteiger partial charge in [-0.1, -0.05) is 28.1 Å². The number of carbonyl (C=O) groups excluding carboxylic acids is 1. The molecule has 0 heterocycles. The first-order chi connectivity index (χ1) is 8.41. The van der Waals surface area contributed by atoms with Crippen LogP contribution in [0.2, 0.25) is 0 Å². The van der Waals surface area contributed by atoms with E-state index in [0.29, 0.717) is 5.92 Å². The van der Waals surface area contributed by atoms with Crippen molar-refractivity contribution in [3.8, 4) is 0 Å². The highest BCUT2D eigenvalue weighted by atomic mass is 79.9. The van der Waals surface area contributed by atoms with E-state index < -0.39 is 5.54 Å². The SMILES string of the molecule is CN(CC1CC1)C(=O)C(C)(N)c1ccc(Br)cc1. The van der Waals surface area contributed by atoms with Crippen molar-refractivity contribution in [2.75, 3.05) is 13.6 Å². The molecular weight excluding hydrogens is 292 g/mol. The van der Waals surface area contributed by atoms with E-state index in [9.17, 15) is 4.79 Å². The summed E-state index contributed by atoms with van der Waals surface area (Å²) in [6.45, 7) is 2.60. The van der Waals surface area contributed by atoms with Crippen molar-refractivity contribution >= 4 is 21.8 Å². The molecule has 0 spiro atoms. The average molecular weight is 311 g/mol. The van der Waals surface area contributed by atoms with Crippen LogP contribution in [0.5, 0.6) is 0 Å². The molecule has 3 nitrogen and oxygen atoms in total. The zero-order valence-electron chi connectivity index (χ0n) is 10.8. The maximum atomic E-state index is 12.4. The molecule has 1 saturated carbocycles. The minimum Gasteiger partial charge on any atom is -0.344 e. The van der Waals surface area contributed by atoms with Gasteiger partial charge in [0.1, 0.15) is 5.54 Å². The third-order valence-corrected chi connectivity index (χ3v) is 3.99. The number of rotatable bonds is 4. The van der Waals surface area contributed by atoms with E-state index in [4.69, 9.17) is 5.73 Å². The van der Waals surface area contributed by atoms with Gasteiger partial charge in [0.05, 0.1) is 0 Å². The zero-order valence-corrected chi connectivity index (χ0v) is 12.4. The number of carbonyl (C=O) groups is 1. The highest BCUT2D eigenvalue weighted by molar-refractivity contribution is 9.10. The standard InChI is InChI=1S/C14H19BrN2O/c1-14(16,11-5-7-12(15)8-6-11)13(18)17(2)9-10-3-4-10/h5-8,10H,3-4,9,16H2,1-2H3. The lowest BCUT2D eigenvalue weighted by Gasteiger charge is -2.29. The number of likely N-dealkylation sites (N-methyl/N-ethyl adjacent to an activating group) is 1. The highest BCUT2D eigenvalue weighted by Gasteiger charge is 2.35. The van der Waals surface area contributed by atoms with Crippen LogP contribution < -0.4 is 5.73 Å². The smallest absolute Gasteiger partial charge is 0.246 e. The van der Waals surface area contributed by atoms with Crippen LogP contribution in [0.4, 0.5) is 0 Å². The summed E-state index contributed by atoms with van der Waals surface area (Å²) in [6, 6.07) is 7.61. The van der Waals surface area contributed by atoms with Gasteiger partial charge in [0, 0.05) is 18.1 Å². The summed E-state index contributed by atoms with van der Waals surface area (Å²) in [5, 5.41) is 0. The van der Waals surface area contributed by atoms with Crippen molar-refractivity contribution in [1.29, 1.82) is 0 Å². The predicted molar refractivity (Wildman–Crippen MR) is 76.0 cm³/mol. The van der Waals surface area contributed by atoms with Crippen LogP contribution in [-0.2, 0) is 10.3 Å². The Kier molecular flexibility index (Phi) is 3.78. The van der Waals surface area contributed by atoms with Crippen LogP contribution in [0.25, 0.3) is 0 Å². The molecule has 98 valence electrons. The van der Waals surface area contributed by atoms with E-state index >= 15 is 0 Å². The zero-order chi connectivity index (χ0) is 13.3. The molecule has 1 aromatic rings. The summed E-state index contributed by atoms with van der Waals surface area (Å²) >= 11 is 3.38. The molecule has 2 rings (SSSR count). The third-order valence-electron chi connectivity index (χ3n) is 3.46. The first-order valence-electron chi connectivity index (χ1n) is 6.21. The van der Waals surface area contributed by atoms with Crippen LogP contribution in [0, 0.1) is 5.92 Å². The minimum atomic E-state index is -0.954. The summed E-state index contributed by atoms with van der Waals surface area (Å²) in [5.41, 5.74) is 6.11. The number of nitrogens with zero attached hydrogens (tertiary/aromatic N) is 1. The summed E-state index contributed by atoms with van der Waals surface area (Å²) in [4.78, 5) is 14.2. The van der Waals surface area contributed by atoms with Gasteiger partial charge in [0.15, 0.2) is 0 Å². The first kappa shape index (κ1) is 13.6. The maximum absolute atomic E-state index is 12.4. The summed E-state index contributed by atoms with van der Waals surface area (Å²) in [7, 11) is 1.84. The van der Waals surface area contributed by atoms with E-state index in [0.717, 1.165) is 16.6 Å². The van der Waals surface area contributed by atoms with Gasteiger partial charge in [-0.25, -0.2) is 0 Å². The van der Waals surface area contributed by atoms with Crippen LogP contribution >= 0.6 is 15.9 Å². The lowest BCUT2D eigenvalue weighted by Crippen LogP contribution is -2.50. The Morgan fingerprint density at radius 1 is 1.44 bits per heavy atom. The first-order valence-corrected chi connectivity index (χ1v) is 7.01. The van der Waals surface area contributed by atoms with Crippen LogP contribution in [0.1, 0.15) is 25.3 Å². The molecule has 1 amide bonds. The molecule has 0 aliphatic heterocycles. The molecule has 0 aromatic heterocycles. The summed E-state index contributed by atoms with van der Waals surface area (Å²) < 4.78 is 0.987. The van der Waals surface area contributed by atoms with Crippen LogP contribution in [0.15, 0.2) is 28.7 Å². The Balaban J connectivity index is 2.12. The summed E-state index contributed by atoms with van der Waals surface area (Å²) in [5.74, 6) is 0.663. The molecule has 18 heavy (non-hydrogen) atoms. The van der Waals surface area contributed by atoms with Gasteiger partial charge in [0.2, 0.25) is 5.91 Å². The molecule has 1 aromatic carbocycles. The normalized spacial score (nSPS) is 18.2. The fourth-order valence-electron chi connectivity index (χ4n) is 2.09. The van der Waals surface area contributed by atoms with E-state index in [-0.39, 0.29) is 5.91 Å². The average Bonchev–Trinajstić information content (AvgIpc) is 3.12. The molecule has 0 saturated heterocycles. The highest BCUT2D eigenvalue weighted by Crippen LogP contribution is 2.30. The quantitative estimate of drug-likeness (QED) is 0.928. The number of hydrogen-bond acceptors (Lipinski definition) is 2. The van der Waals surface area contributed by atoms with Gasteiger partial charge in [-0.2, -0.15) is 0 Å². The molecule has 1 aliphatic carbocycles. The molecule has 1 fully saturated rings. The van der Waals surface area contributed by atoms with Gasteiger partial charge in [0.25, 0.3) is 0 Å². The molecule has 1 unspecified atom stereocenters. The largest absolute Gasteiger partial charge is 0.344 e. The van der Waals surface area contributed by atoms with Crippen molar-refractivity contribution in [1.82, 2.24) is 4.90 Å². The monoisotopic (exact) mass is 310 g/mol. The van der Waals surface area contributed by atoms with Crippen molar-refractivity contribution in [2.45, 2.75) is 25.3 Å². The molecule has 1 atom stereocenters. The number of benzene rings is 1. The Labute approximate surface area is 116 Å². The van der Waals surface area contributed by atoms with E-state index in [2.05, 4.69) is 15.9 Å². The van der Waals surface area contributed by atoms with E-state index in [1.165, 1.54) is 12.8 Å².